The Labute approximate surface area is 117 Å². The van der Waals surface area contributed by atoms with E-state index in [4.69, 9.17) is 0 Å². The maximum atomic E-state index is 11.7. The zero-order valence-electron chi connectivity index (χ0n) is 12.3. The summed E-state index contributed by atoms with van der Waals surface area (Å²) in [6.07, 6.45) is 10.1. The maximum absolute atomic E-state index is 11.7. The van der Waals surface area contributed by atoms with Gasteiger partial charge >= 0.3 is 0 Å². The normalized spacial score (nSPS) is 33.2. The highest BCUT2D eigenvalue weighted by Gasteiger charge is 2.44. The molecule has 2 rings (SSSR count). The van der Waals surface area contributed by atoms with Crippen molar-refractivity contribution in [3.63, 3.8) is 0 Å². The standard InChI is InChI=1S/C15H28O3S/c1-3-15(9-4-5-10-15)14(16)12-7-6-8-13(11-12)19(2,17)18/h12-14,16H,3-11H2,1-2H3. The lowest BCUT2D eigenvalue weighted by Crippen LogP contribution is -2.42. The van der Waals surface area contributed by atoms with Crippen LogP contribution in [0.15, 0.2) is 0 Å². The van der Waals surface area contributed by atoms with Crippen LogP contribution < -0.4 is 0 Å². The average Bonchev–Trinajstić information content (AvgIpc) is 2.87. The molecule has 19 heavy (non-hydrogen) atoms. The van der Waals surface area contributed by atoms with E-state index in [9.17, 15) is 13.5 Å². The van der Waals surface area contributed by atoms with Crippen molar-refractivity contribution in [3.05, 3.63) is 0 Å². The first-order chi connectivity index (χ1) is 8.89. The second kappa shape index (κ2) is 5.72. The van der Waals surface area contributed by atoms with Crippen molar-refractivity contribution in [3.8, 4) is 0 Å². The summed E-state index contributed by atoms with van der Waals surface area (Å²) in [7, 11) is -2.95. The number of sulfone groups is 1. The molecule has 0 aromatic rings. The largest absolute Gasteiger partial charge is 0.392 e. The molecule has 0 radical (unpaired) electrons. The van der Waals surface area contributed by atoms with Gasteiger partial charge in [0, 0.05) is 6.26 Å². The smallest absolute Gasteiger partial charge is 0.150 e. The van der Waals surface area contributed by atoms with Gasteiger partial charge in [0.2, 0.25) is 0 Å². The van der Waals surface area contributed by atoms with Crippen LogP contribution in [0, 0.1) is 11.3 Å². The third-order valence-corrected chi connectivity index (χ3v) is 7.29. The molecule has 2 aliphatic rings. The summed E-state index contributed by atoms with van der Waals surface area (Å²) in [4.78, 5) is 0. The van der Waals surface area contributed by atoms with E-state index < -0.39 is 9.84 Å². The van der Waals surface area contributed by atoms with Crippen LogP contribution in [0.1, 0.15) is 64.7 Å². The molecule has 2 aliphatic carbocycles. The minimum atomic E-state index is -2.95. The van der Waals surface area contributed by atoms with Gasteiger partial charge in [0.25, 0.3) is 0 Å². The number of hydrogen-bond donors (Lipinski definition) is 1. The molecule has 112 valence electrons. The fraction of sp³-hybridized carbons (Fsp3) is 1.00. The predicted molar refractivity (Wildman–Crippen MR) is 77.8 cm³/mol. The summed E-state index contributed by atoms with van der Waals surface area (Å²) in [5.41, 5.74) is 0.0735. The molecule has 0 amide bonds. The highest BCUT2D eigenvalue weighted by Crippen LogP contribution is 2.48. The first kappa shape index (κ1) is 15.3. The molecular formula is C15H28O3S. The lowest BCUT2D eigenvalue weighted by Gasteiger charge is -2.41. The van der Waals surface area contributed by atoms with Gasteiger partial charge in [-0.3, -0.25) is 0 Å². The molecule has 0 aromatic heterocycles. The van der Waals surface area contributed by atoms with E-state index in [1.807, 2.05) is 0 Å². The second-order valence-electron chi connectivity index (χ2n) is 6.75. The fourth-order valence-corrected chi connectivity index (χ4v) is 5.49. The van der Waals surface area contributed by atoms with Crippen molar-refractivity contribution < 1.29 is 13.5 Å². The molecular weight excluding hydrogens is 260 g/mol. The van der Waals surface area contributed by atoms with Crippen LogP contribution in [-0.4, -0.2) is 31.1 Å². The quantitative estimate of drug-likeness (QED) is 0.865. The molecule has 1 N–H and O–H groups in total. The van der Waals surface area contributed by atoms with Gasteiger partial charge in [-0.25, -0.2) is 8.42 Å². The van der Waals surface area contributed by atoms with Gasteiger partial charge in [0.05, 0.1) is 11.4 Å². The van der Waals surface area contributed by atoms with Gasteiger partial charge in [-0.15, -0.1) is 0 Å². The van der Waals surface area contributed by atoms with E-state index in [-0.39, 0.29) is 22.7 Å². The lowest BCUT2D eigenvalue weighted by molar-refractivity contribution is -0.0300. The lowest BCUT2D eigenvalue weighted by atomic mass is 9.69. The van der Waals surface area contributed by atoms with Gasteiger partial charge in [0.15, 0.2) is 0 Å². The Morgan fingerprint density at radius 2 is 1.84 bits per heavy atom. The van der Waals surface area contributed by atoms with Crippen LogP contribution in [0.3, 0.4) is 0 Å². The Hall–Kier alpha value is -0.0900. The Bertz CT molecular complexity index is 396. The fourth-order valence-electron chi connectivity index (χ4n) is 4.29. The van der Waals surface area contributed by atoms with Crippen LogP contribution in [0.5, 0.6) is 0 Å². The molecule has 3 unspecified atom stereocenters. The molecule has 2 fully saturated rings. The molecule has 0 heterocycles. The summed E-state index contributed by atoms with van der Waals surface area (Å²) in [5, 5.41) is 10.6. The van der Waals surface area contributed by atoms with Crippen LogP contribution >= 0.6 is 0 Å². The van der Waals surface area contributed by atoms with E-state index in [0.29, 0.717) is 6.42 Å². The van der Waals surface area contributed by atoms with Crippen LogP contribution in [0.25, 0.3) is 0 Å². The highest BCUT2D eigenvalue weighted by atomic mass is 32.2. The predicted octanol–water partition coefficient (Wildman–Crippen LogP) is 2.92. The minimum absolute atomic E-state index is 0.0735. The Morgan fingerprint density at radius 1 is 1.21 bits per heavy atom. The van der Waals surface area contributed by atoms with Gasteiger partial charge in [-0.2, -0.15) is 0 Å². The Kier molecular flexibility index (Phi) is 4.61. The molecule has 0 aromatic carbocycles. The first-order valence-electron chi connectivity index (χ1n) is 7.76. The highest BCUT2D eigenvalue weighted by molar-refractivity contribution is 7.91. The zero-order valence-corrected chi connectivity index (χ0v) is 13.1. The molecule has 0 saturated heterocycles. The third kappa shape index (κ3) is 3.15. The second-order valence-corrected chi connectivity index (χ2v) is 9.07. The van der Waals surface area contributed by atoms with Crippen molar-refractivity contribution in [2.24, 2.45) is 11.3 Å². The van der Waals surface area contributed by atoms with E-state index in [2.05, 4.69) is 6.92 Å². The number of aliphatic hydroxyl groups excluding tert-OH is 1. The van der Waals surface area contributed by atoms with Crippen molar-refractivity contribution in [2.45, 2.75) is 76.1 Å². The van der Waals surface area contributed by atoms with Gasteiger partial charge < -0.3 is 5.11 Å². The molecule has 0 spiro atoms. The van der Waals surface area contributed by atoms with Crippen LogP contribution in [0.4, 0.5) is 0 Å². The summed E-state index contributed by atoms with van der Waals surface area (Å²) in [6.45, 7) is 2.17. The van der Waals surface area contributed by atoms with Gasteiger partial charge in [-0.05, 0) is 49.9 Å². The van der Waals surface area contributed by atoms with Crippen molar-refractivity contribution in [2.75, 3.05) is 6.26 Å². The molecule has 0 bridgehead atoms. The van der Waals surface area contributed by atoms with E-state index >= 15 is 0 Å². The molecule has 2 saturated carbocycles. The van der Waals surface area contributed by atoms with E-state index in [1.54, 1.807) is 0 Å². The summed E-state index contributed by atoms with van der Waals surface area (Å²) >= 11 is 0. The molecule has 3 nitrogen and oxygen atoms in total. The summed E-state index contributed by atoms with van der Waals surface area (Å²) < 4.78 is 23.5. The monoisotopic (exact) mass is 288 g/mol. The minimum Gasteiger partial charge on any atom is -0.392 e. The SMILES string of the molecule is CCC1(C(O)C2CCCC(S(C)(=O)=O)C2)CCCC1. The number of hydrogen-bond acceptors (Lipinski definition) is 3. The first-order valence-corrected chi connectivity index (χ1v) is 9.71. The topological polar surface area (TPSA) is 54.4 Å². The van der Waals surface area contributed by atoms with Crippen LogP contribution in [0.2, 0.25) is 0 Å². The molecule has 4 heteroatoms. The molecule has 3 atom stereocenters. The van der Waals surface area contributed by atoms with E-state index in [0.717, 1.165) is 38.5 Å². The Balaban J connectivity index is 2.08. The van der Waals surface area contributed by atoms with Crippen LogP contribution in [-0.2, 0) is 9.84 Å². The van der Waals surface area contributed by atoms with E-state index in [1.165, 1.54) is 19.1 Å². The van der Waals surface area contributed by atoms with Crippen molar-refractivity contribution in [1.29, 1.82) is 0 Å². The van der Waals surface area contributed by atoms with Gasteiger partial charge in [-0.1, -0.05) is 26.2 Å². The number of rotatable bonds is 4. The third-order valence-electron chi connectivity index (χ3n) is 5.65. The average molecular weight is 288 g/mol. The zero-order chi connectivity index (χ0) is 14.1. The van der Waals surface area contributed by atoms with Crippen molar-refractivity contribution in [1.82, 2.24) is 0 Å². The number of aliphatic hydroxyl groups is 1. The molecule has 0 aliphatic heterocycles. The maximum Gasteiger partial charge on any atom is 0.150 e. The summed E-state index contributed by atoms with van der Waals surface area (Å²) in [6, 6.07) is 0. The Morgan fingerprint density at radius 3 is 2.37 bits per heavy atom. The summed E-state index contributed by atoms with van der Waals surface area (Å²) in [5.74, 6) is 0.187. The van der Waals surface area contributed by atoms with Gasteiger partial charge in [0.1, 0.15) is 9.84 Å². The van der Waals surface area contributed by atoms with Crippen molar-refractivity contribution >= 4 is 9.84 Å².